The number of nitrogens with one attached hydrogen (secondary N) is 1. The van der Waals surface area contributed by atoms with Gasteiger partial charge in [-0.15, -0.1) is 24.0 Å². The summed E-state index contributed by atoms with van der Waals surface area (Å²) in [7, 11) is 3.21. The number of fused-ring (bicyclic) bond motifs is 1. The zero-order valence-corrected chi connectivity index (χ0v) is 17.7. The van der Waals surface area contributed by atoms with Gasteiger partial charge < -0.3 is 19.4 Å². The van der Waals surface area contributed by atoms with E-state index in [-0.39, 0.29) is 41.8 Å². The van der Waals surface area contributed by atoms with E-state index in [2.05, 4.69) is 28.2 Å². The van der Waals surface area contributed by atoms with Crippen molar-refractivity contribution in [3.63, 3.8) is 0 Å². The molecule has 1 aliphatic rings. The molecule has 0 saturated carbocycles. The number of halogens is 1. The number of guanidine groups is 1. The van der Waals surface area contributed by atoms with Crippen molar-refractivity contribution in [2.24, 2.45) is 16.8 Å². The molecule has 1 aromatic carbocycles. The number of carbonyl (C=O) groups is 1. The molecule has 0 bridgehead atoms. The highest BCUT2D eigenvalue weighted by atomic mass is 127. The summed E-state index contributed by atoms with van der Waals surface area (Å²) >= 11 is 0. The summed E-state index contributed by atoms with van der Waals surface area (Å²) in [5.41, 5.74) is 0.913. The van der Waals surface area contributed by atoms with Gasteiger partial charge in [0.25, 0.3) is 0 Å². The normalized spacial score (nSPS) is 20.1. The molecule has 1 fully saturated rings. The van der Waals surface area contributed by atoms with E-state index in [9.17, 15) is 4.79 Å². The van der Waals surface area contributed by atoms with Crippen molar-refractivity contribution in [1.29, 1.82) is 0 Å². The number of rotatable bonds is 4. The summed E-state index contributed by atoms with van der Waals surface area (Å²) in [5.74, 6) is 1.77. The highest BCUT2D eigenvalue weighted by Gasteiger charge is 2.36. The van der Waals surface area contributed by atoms with Crippen LogP contribution in [0.4, 0.5) is 0 Å². The fourth-order valence-electron chi connectivity index (χ4n) is 3.39. The minimum Gasteiger partial charge on any atom is -0.469 e. The first kappa shape index (κ1) is 20.5. The lowest BCUT2D eigenvalue weighted by Gasteiger charge is -2.21. The lowest BCUT2D eigenvalue weighted by atomic mass is 9.99. The molecule has 0 radical (unpaired) electrons. The number of nitrogens with zero attached hydrogens (tertiary/aromatic N) is 2. The summed E-state index contributed by atoms with van der Waals surface area (Å²) in [6.45, 7) is 4.23. The third kappa shape index (κ3) is 4.49. The van der Waals surface area contributed by atoms with E-state index < -0.39 is 0 Å². The molecule has 1 aliphatic heterocycles. The van der Waals surface area contributed by atoms with Crippen molar-refractivity contribution >= 4 is 46.9 Å². The molecule has 3 rings (SSSR count). The van der Waals surface area contributed by atoms with E-state index in [1.807, 2.05) is 24.3 Å². The number of likely N-dealkylation sites (tertiary alicyclic amines) is 1. The molecule has 2 heterocycles. The number of hydrogen-bond acceptors (Lipinski definition) is 4. The largest absolute Gasteiger partial charge is 0.469 e. The van der Waals surface area contributed by atoms with Crippen molar-refractivity contribution in [1.82, 2.24) is 10.2 Å². The number of hydrogen-bond donors (Lipinski definition) is 1. The second-order valence-corrected chi connectivity index (χ2v) is 6.49. The Bertz CT molecular complexity index is 741. The lowest BCUT2D eigenvalue weighted by Crippen LogP contribution is -2.41. The maximum Gasteiger partial charge on any atom is 0.310 e. The average Bonchev–Trinajstić information content (AvgIpc) is 3.21. The van der Waals surface area contributed by atoms with Crippen LogP contribution in [0, 0.1) is 11.8 Å². The maximum atomic E-state index is 11.8. The van der Waals surface area contributed by atoms with Gasteiger partial charge in [-0.3, -0.25) is 9.79 Å². The van der Waals surface area contributed by atoms with Gasteiger partial charge in [0, 0.05) is 38.5 Å². The third-order valence-electron chi connectivity index (χ3n) is 4.76. The van der Waals surface area contributed by atoms with Crippen LogP contribution < -0.4 is 5.32 Å². The number of furan rings is 1. The highest BCUT2D eigenvalue weighted by molar-refractivity contribution is 14.0. The SMILES string of the molecule is CN=C(NCCc1cc2ccccc2o1)N1CC(C)C(C(=O)OC)C1.I. The topological polar surface area (TPSA) is 67.1 Å². The van der Waals surface area contributed by atoms with E-state index >= 15 is 0 Å². The van der Waals surface area contributed by atoms with Crippen molar-refractivity contribution in [2.75, 3.05) is 33.8 Å². The zero-order valence-electron chi connectivity index (χ0n) is 15.4. The standard InChI is InChI=1S/C19H25N3O3.HI/c1-13-11-22(12-16(13)18(23)24-3)19(20-2)21-9-8-15-10-14-6-4-5-7-17(14)25-15;/h4-7,10,13,16H,8-9,11-12H2,1-3H3,(H,20,21);1H. The Hall–Kier alpha value is -1.77. The Labute approximate surface area is 171 Å². The smallest absolute Gasteiger partial charge is 0.310 e. The quantitative estimate of drug-likeness (QED) is 0.322. The second-order valence-electron chi connectivity index (χ2n) is 6.49. The van der Waals surface area contributed by atoms with Crippen LogP contribution in [-0.2, 0) is 16.0 Å². The summed E-state index contributed by atoms with van der Waals surface area (Å²) < 4.78 is 10.7. The predicted octanol–water partition coefficient (Wildman–Crippen LogP) is 2.91. The molecule has 26 heavy (non-hydrogen) atoms. The summed E-state index contributed by atoms with van der Waals surface area (Å²) in [4.78, 5) is 18.3. The number of esters is 1. The molecular weight excluding hydrogens is 445 g/mol. The van der Waals surface area contributed by atoms with Crippen molar-refractivity contribution in [2.45, 2.75) is 13.3 Å². The minimum absolute atomic E-state index is 0. The van der Waals surface area contributed by atoms with Gasteiger partial charge in [-0.25, -0.2) is 0 Å². The third-order valence-corrected chi connectivity index (χ3v) is 4.76. The molecule has 1 N–H and O–H groups in total. The van der Waals surface area contributed by atoms with Crippen LogP contribution >= 0.6 is 24.0 Å². The van der Waals surface area contributed by atoms with Crippen LogP contribution in [0.2, 0.25) is 0 Å². The Morgan fingerprint density at radius 3 is 2.85 bits per heavy atom. The molecule has 1 aromatic heterocycles. The monoisotopic (exact) mass is 471 g/mol. The molecule has 7 heteroatoms. The van der Waals surface area contributed by atoms with Crippen molar-refractivity contribution in [3.05, 3.63) is 36.1 Å². The van der Waals surface area contributed by atoms with E-state index in [1.165, 1.54) is 7.11 Å². The lowest BCUT2D eigenvalue weighted by molar-refractivity contribution is -0.145. The van der Waals surface area contributed by atoms with Gasteiger partial charge in [-0.1, -0.05) is 25.1 Å². The van der Waals surface area contributed by atoms with Gasteiger partial charge in [0.1, 0.15) is 11.3 Å². The van der Waals surface area contributed by atoms with Crippen LogP contribution in [-0.4, -0.2) is 50.6 Å². The minimum atomic E-state index is -0.146. The zero-order chi connectivity index (χ0) is 17.8. The summed E-state index contributed by atoms with van der Waals surface area (Å²) in [6.07, 6.45) is 0.775. The van der Waals surface area contributed by atoms with Gasteiger partial charge in [-0.05, 0) is 18.1 Å². The first-order valence-electron chi connectivity index (χ1n) is 8.63. The molecule has 2 atom stereocenters. The first-order chi connectivity index (χ1) is 12.1. The van der Waals surface area contributed by atoms with E-state index in [0.29, 0.717) is 6.54 Å². The molecule has 1 saturated heterocycles. The van der Waals surface area contributed by atoms with E-state index in [4.69, 9.17) is 9.15 Å². The summed E-state index contributed by atoms with van der Waals surface area (Å²) in [5, 5.41) is 4.49. The van der Waals surface area contributed by atoms with Crippen LogP contribution in [0.25, 0.3) is 11.0 Å². The van der Waals surface area contributed by atoms with Gasteiger partial charge in [0.15, 0.2) is 5.96 Å². The van der Waals surface area contributed by atoms with Crippen LogP contribution in [0.3, 0.4) is 0 Å². The number of para-hydroxylation sites is 1. The maximum absolute atomic E-state index is 11.8. The number of methoxy groups -OCH3 is 1. The first-order valence-corrected chi connectivity index (χ1v) is 8.63. The number of benzene rings is 1. The predicted molar refractivity (Wildman–Crippen MR) is 113 cm³/mol. The molecule has 2 aromatic rings. The van der Waals surface area contributed by atoms with E-state index in [0.717, 1.165) is 42.2 Å². The average molecular weight is 471 g/mol. The fraction of sp³-hybridized carbons (Fsp3) is 0.474. The van der Waals surface area contributed by atoms with Gasteiger partial charge in [0.05, 0.1) is 13.0 Å². The van der Waals surface area contributed by atoms with Crippen molar-refractivity contribution < 1.29 is 13.9 Å². The van der Waals surface area contributed by atoms with Gasteiger partial charge in [-0.2, -0.15) is 0 Å². The van der Waals surface area contributed by atoms with Crippen LogP contribution in [0.1, 0.15) is 12.7 Å². The number of carbonyl (C=O) groups excluding carboxylic acids is 1. The second kappa shape index (κ2) is 9.25. The molecule has 0 amide bonds. The Morgan fingerprint density at radius 2 is 2.15 bits per heavy atom. The number of ether oxygens (including phenoxy) is 1. The Balaban J connectivity index is 0.00000243. The molecule has 6 nitrogen and oxygen atoms in total. The Kier molecular flexibility index (Phi) is 7.31. The molecular formula is C19H26IN3O3. The molecule has 0 spiro atoms. The van der Waals surface area contributed by atoms with Gasteiger partial charge >= 0.3 is 5.97 Å². The van der Waals surface area contributed by atoms with E-state index in [1.54, 1.807) is 7.05 Å². The Morgan fingerprint density at radius 1 is 1.38 bits per heavy atom. The molecule has 2 unspecified atom stereocenters. The number of aliphatic imine (C=N–C) groups is 1. The summed E-state index contributed by atoms with van der Waals surface area (Å²) in [6, 6.07) is 10.1. The fourth-order valence-corrected chi connectivity index (χ4v) is 3.39. The highest BCUT2D eigenvalue weighted by Crippen LogP contribution is 2.24. The molecule has 142 valence electrons. The van der Waals surface area contributed by atoms with Crippen LogP contribution in [0.15, 0.2) is 39.7 Å². The van der Waals surface area contributed by atoms with Crippen molar-refractivity contribution in [3.8, 4) is 0 Å². The van der Waals surface area contributed by atoms with Gasteiger partial charge in [0.2, 0.25) is 0 Å². The van der Waals surface area contributed by atoms with Crippen LogP contribution in [0.5, 0.6) is 0 Å². The molecule has 0 aliphatic carbocycles.